The maximum Gasteiger partial charge on any atom is 0.265 e. The van der Waals surface area contributed by atoms with Crippen LogP contribution in [0.25, 0.3) is 19.5 Å². The van der Waals surface area contributed by atoms with Gasteiger partial charge in [0.15, 0.2) is 0 Å². The maximum atomic E-state index is 13.1. The van der Waals surface area contributed by atoms with Crippen molar-refractivity contribution in [1.82, 2.24) is 4.90 Å². The van der Waals surface area contributed by atoms with Crippen molar-refractivity contribution < 1.29 is 14.4 Å². The lowest BCUT2D eigenvalue weighted by atomic mass is 9.95. The summed E-state index contributed by atoms with van der Waals surface area (Å²) in [6.07, 6.45) is 1.13. The SMILES string of the molecule is NC(=O)C1CCN(C(=O)c2ccccc2NC(=O)c2cc3sc4ccccc4c3s2)CC1. The zero-order valence-electron chi connectivity index (χ0n) is 17.2. The van der Waals surface area contributed by atoms with Gasteiger partial charge in [-0.2, -0.15) is 0 Å². The van der Waals surface area contributed by atoms with Crippen molar-refractivity contribution >= 4 is 65.6 Å². The summed E-state index contributed by atoms with van der Waals surface area (Å²) >= 11 is 3.14. The molecule has 0 saturated carbocycles. The lowest BCUT2D eigenvalue weighted by Crippen LogP contribution is -2.42. The van der Waals surface area contributed by atoms with Crippen LogP contribution in [0.4, 0.5) is 5.69 Å². The van der Waals surface area contributed by atoms with Gasteiger partial charge >= 0.3 is 0 Å². The Morgan fingerprint density at radius 2 is 1.66 bits per heavy atom. The van der Waals surface area contributed by atoms with Gasteiger partial charge in [-0.05, 0) is 37.1 Å². The molecule has 6 nitrogen and oxygen atoms in total. The summed E-state index contributed by atoms with van der Waals surface area (Å²) in [5.74, 6) is -0.872. The molecule has 5 rings (SSSR count). The molecule has 0 atom stereocenters. The van der Waals surface area contributed by atoms with Crippen molar-refractivity contribution in [2.24, 2.45) is 11.7 Å². The predicted octanol–water partition coefficient (Wildman–Crippen LogP) is 4.71. The quantitative estimate of drug-likeness (QED) is 0.459. The van der Waals surface area contributed by atoms with Crippen molar-refractivity contribution in [3.8, 4) is 0 Å². The topological polar surface area (TPSA) is 92.5 Å². The summed E-state index contributed by atoms with van der Waals surface area (Å²) in [5, 5.41) is 4.09. The summed E-state index contributed by atoms with van der Waals surface area (Å²) in [4.78, 5) is 39.9. The Morgan fingerprint density at radius 1 is 0.938 bits per heavy atom. The third-order valence-electron chi connectivity index (χ3n) is 5.86. The number of anilines is 1. The van der Waals surface area contributed by atoms with Gasteiger partial charge < -0.3 is 16.0 Å². The minimum Gasteiger partial charge on any atom is -0.369 e. The van der Waals surface area contributed by atoms with Crippen LogP contribution >= 0.6 is 22.7 Å². The molecular weight excluding hydrogens is 442 g/mol. The number of rotatable bonds is 4. The number of carbonyl (C=O) groups is 3. The summed E-state index contributed by atoms with van der Waals surface area (Å²) in [5.41, 5.74) is 6.33. The van der Waals surface area contributed by atoms with E-state index in [9.17, 15) is 14.4 Å². The first-order valence-electron chi connectivity index (χ1n) is 10.4. The molecule has 0 spiro atoms. The van der Waals surface area contributed by atoms with Crippen LogP contribution in [0, 0.1) is 5.92 Å². The number of benzene rings is 2. The Balaban J connectivity index is 1.36. The van der Waals surface area contributed by atoms with Crippen molar-refractivity contribution in [3.63, 3.8) is 0 Å². The molecule has 8 heteroatoms. The van der Waals surface area contributed by atoms with Gasteiger partial charge in [-0.3, -0.25) is 14.4 Å². The number of thiophene rings is 2. The highest BCUT2D eigenvalue weighted by Crippen LogP contribution is 2.39. The van der Waals surface area contributed by atoms with Gasteiger partial charge in [-0.15, -0.1) is 22.7 Å². The van der Waals surface area contributed by atoms with E-state index in [-0.39, 0.29) is 23.6 Å². The minimum atomic E-state index is -0.312. The number of nitrogens with zero attached hydrogens (tertiary/aromatic N) is 1. The Morgan fingerprint density at radius 3 is 2.44 bits per heavy atom. The molecule has 1 fully saturated rings. The average molecular weight is 464 g/mol. The van der Waals surface area contributed by atoms with Crippen LogP contribution < -0.4 is 11.1 Å². The van der Waals surface area contributed by atoms with Crippen LogP contribution in [-0.4, -0.2) is 35.7 Å². The number of fused-ring (bicyclic) bond motifs is 3. The van der Waals surface area contributed by atoms with E-state index >= 15 is 0 Å². The van der Waals surface area contributed by atoms with Gasteiger partial charge in [0.05, 0.1) is 20.8 Å². The smallest absolute Gasteiger partial charge is 0.265 e. The molecule has 2 aromatic heterocycles. The highest BCUT2D eigenvalue weighted by molar-refractivity contribution is 7.33. The Labute approximate surface area is 192 Å². The zero-order chi connectivity index (χ0) is 22.2. The summed E-state index contributed by atoms with van der Waals surface area (Å²) in [6.45, 7) is 0.950. The van der Waals surface area contributed by atoms with Crippen LogP contribution in [0.3, 0.4) is 0 Å². The standard InChI is InChI=1S/C24H21N3O3S2/c25-22(28)14-9-11-27(12-10-14)24(30)15-5-1-3-7-17(15)26-23(29)20-13-19-21(32-20)16-6-2-4-8-18(16)31-19/h1-8,13-14H,9-12H2,(H2,25,28)(H,26,29). The highest BCUT2D eigenvalue weighted by Gasteiger charge is 2.28. The van der Waals surface area contributed by atoms with Crippen molar-refractivity contribution in [1.29, 1.82) is 0 Å². The lowest BCUT2D eigenvalue weighted by molar-refractivity contribution is -0.123. The van der Waals surface area contributed by atoms with Crippen LogP contribution in [0.1, 0.15) is 32.9 Å². The van der Waals surface area contributed by atoms with Crippen LogP contribution in [0.5, 0.6) is 0 Å². The predicted molar refractivity (Wildman–Crippen MR) is 129 cm³/mol. The fourth-order valence-electron chi connectivity index (χ4n) is 4.11. The van der Waals surface area contributed by atoms with Gasteiger partial charge in [-0.25, -0.2) is 0 Å². The molecule has 1 aliphatic heterocycles. The number of primary amides is 1. The van der Waals surface area contributed by atoms with Gasteiger partial charge in [0.2, 0.25) is 5.91 Å². The van der Waals surface area contributed by atoms with Crippen LogP contribution in [0.2, 0.25) is 0 Å². The summed E-state index contributed by atoms with van der Waals surface area (Å²) < 4.78 is 3.40. The van der Waals surface area contributed by atoms with E-state index in [0.29, 0.717) is 42.1 Å². The van der Waals surface area contributed by atoms with Gasteiger partial charge in [0, 0.05) is 33.8 Å². The number of carbonyl (C=O) groups excluding carboxylic acids is 3. The van der Waals surface area contributed by atoms with E-state index < -0.39 is 0 Å². The first-order valence-corrected chi connectivity index (χ1v) is 12.0. The van der Waals surface area contributed by atoms with E-state index in [1.165, 1.54) is 16.0 Å². The van der Waals surface area contributed by atoms with Crippen LogP contribution in [0.15, 0.2) is 54.6 Å². The number of piperidine rings is 1. The molecule has 4 aromatic rings. The molecule has 162 valence electrons. The molecule has 3 heterocycles. The number of para-hydroxylation sites is 1. The van der Waals surface area contributed by atoms with Gasteiger partial charge in [-0.1, -0.05) is 30.3 Å². The molecule has 3 amide bonds. The highest BCUT2D eigenvalue weighted by atomic mass is 32.1. The number of nitrogens with two attached hydrogens (primary N) is 1. The molecule has 0 aliphatic carbocycles. The monoisotopic (exact) mass is 463 g/mol. The fraction of sp³-hybridized carbons (Fsp3) is 0.208. The van der Waals surface area contributed by atoms with E-state index in [0.717, 1.165) is 14.8 Å². The number of likely N-dealkylation sites (tertiary alicyclic amines) is 1. The Hall–Kier alpha value is -3.23. The molecule has 3 N–H and O–H groups in total. The summed E-state index contributed by atoms with van der Waals surface area (Å²) in [6, 6.07) is 17.1. The molecule has 0 unspecified atom stereocenters. The number of nitrogens with one attached hydrogen (secondary N) is 1. The molecule has 1 aliphatic rings. The van der Waals surface area contributed by atoms with E-state index in [4.69, 9.17) is 5.73 Å². The van der Waals surface area contributed by atoms with Crippen LogP contribution in [-0.2, 0) is 4.79 Å². The van der Waals surface area contributed by atoms with E-state index in [1.807, 2.05) is 18.2 Å². The fourth-order valence-corrected chi connectivity index (χ4v) is 6.53. The molecule has 0 radical (unpaired) electrons. The number of hydrogen-bond donors (Lipinski definition) is 2. The number of hydrogen-bond acceptors (Lipinski definition) is 5. The second-order valence-electron chi connectivity index (χ2n) is 7.87. The van der Waals surface area contributed by atoms with E-state index in [1.54, 1.807) is 40.5 Å². The van der Waals surface area contributed by atoms with Crippen molar-refractivity contribution in [2.75, 3.05) is 18.4 Å². The lowest BCUT2D eigenvalue weighted by Gasteiger charge is -2.31. The maximum absolute atomic E-state index is 13.1. The van der Waals surface area contributed by atoms with Gasteiger partial charge in [0.1, 0.15) is 0 Å². The first-order chi connectivity index (χ1) is 15.5. The second-order valence-corrected chi connectivity index (χ2v) is 10.0. The summed E-state index contributed by atoms with van der Waals surface area (Å²) in [7, 11) is 0. The molecule has 0 bridgehead atoms. The van der Waals surface area contributed by atoms with Crippen molar-refractivity contribution in [3.05, 3.63) is 65.0 Å². The van der Waals surface area contributed by atoms with Gasteiger partial charge in [0.25, 0.3) is 11.8 Å². The zero-order valence-corrected chi connectivity index (χ0v) is 18.8. The molecule has 2 aromatic carbocycles. The van der Waals surface area contributed by atoms with Crippen molar-refractivity contribution in [2.45, 2.75) is 12.8 Å². The largest absolute Gasteiger partial charge is 0.369 e. The minimum absolute atomic E-state index is 0.151. The third-order valence-corrected chi connectivity index (χ3v) is 8.28. The normalized spacial score (nSPS) is 14.7. The number of amides is 3. The Bertz CT molecular complexity index is 1350. The third kappa shape index (κ3) is 3.76. The Kier molecular flexibility index (Phi) is 5.40. The van der Waals surface area contributed by atoms with E-state index in [2.05, 4.69) is 17.4 Å². The second kappa shape index (κ2) is 8.37. The molecule has 1 saturated heterocycles. The average Bonchev–Trinajstić information content (AvgIpc) is 3.37. The molecular formula is C24H21N3O3S2. The first kappa shape index (κ1) is 20.7. The molecule has 32 heavy (non-hydrogen) atoms.